The molecule has 1 heterocycles. The van der Waals surface area contributed by atoms with Gasteiger partial charge < -0.3 is 15.4 Å². The van der Waals surface area contributed by atoms with Crippen LogP contribution in [0.5, 0.6) is 5.75 Å². The highest BCUT2D eigenvalue weighted by molar-refractivity contribution is 5.85. The number of amides is 1. The van der Waals surface area contributed by atoms with Crippen LogP contribution in [0.2, 0.25) is 0 Å². The molecule has 4 nitrogen and oxygen atoms in total. The largest absolute Gasteiger partial charge is 0.493 e. The zero-order valence-electron chi connectivity index (χ0n) is 13.4. The molecule has 124 valence electrons. The average molecular weight is 327 g/mol. The highest BCUT2D eigenvalue weighted by Gasteiger charge is 2.14. The summed E-state index contributed by atoms with van der Waals surface area (Å²) in [5.41, 5.74) is 1.30. The minimum Gasteiger partial charge on any atom is -0.493 e. The van der Waals surface area contributed by atoms with Gasteiger partial charge >= 0.3 is 0 Å². The Morgan fingerprint density at radius 2 is 2.09 bits per heavy atom. The van der Waals surface area contributed by atoms with Gasteiger partial charge in [-0.2, -0.15) is 0 Å². The molecule has 2 N–H and O–H groups in total. The molecule has 1 aliphatic heterocycles. The number of carbonyl (C=O) groups is 1. The molecule has 0 radical (unpaired) electrons. The van der Waals surface area contributed by atoms with Gasteiger partial charge in [0.25, 0.3) is 0 Å². The zero-order chi connectivity index (χ0) is 15.1. The van der Waals surface area contributed by atoms with Gasteiger partial charge in [-0.1, -0.05) is 26.0 Å². The van der Waals surface area contributed by atoms with Crippen LogP contribution in [0.1, 0.15) is 44.6 Å². The summed E-state index contributed by atoms with van der Waals surface area (Å²) in [5, 5.41) is 6.34. The van der Waals surface area contributed by atoms with E-state index in [0.717, 1.165) is 31.7 Å². The van der Waals surface area contributed by atoms with Crippen LogP contribution in [0.25, 0.3) is 0 Å². The molecule has 22 heavy (non-hydrogen) atoms. The maximum absolute atomic E-state index is 11.8. The third kappa shape index (κ3) is 6.24. The SMILES string of the molecule is CC(C)c1ccc(OCCC(=O)NC2CCCNC2)cc1.Cl. The minimum atomic E-state index is 0. The molecule has 1 amide bonds. The molecular formula is C17H27ClN2O2. The van der Waals surface area contributed by atoms with E-state index in [0.29, 0.717) is 18.9 Å². The quantitative estimate of drug-likeness (QED) is 0.845. The predicted molar refractivity (Wildman–Crippen MR) is 91.9 cm³/mol. The Balaban J connectivity index is 0.00000242. The molecule has 1 saturated heterocycles. The van der Waals surface area contributed by atoms with E-state index in [-0.39, 0.29) is 24.4 Å². The van der Waals surface area contributed by atoms with Gasteiger partial charge in [0, 0.05) is 12.6 Å². The number of benzene rings is 1. The second-order valence-electron chi connectivity index (χ2n) is 5.93. The molecule has 0 aromatic heterocycles. The van der Waals surface area contributed by atoms with E-state index < -0.39 is 0 Å². The summed E-state index contributed by atoms with van der Waals surface area (Å²) in [7, 11) is 0. The molecule has 2 rings (SSSR count). The first kappa shape index (κ1) is 18.8. The molecule has 1 atom stereocenters. The molecule has 1 aliphatic rings. The molecule has 1 fully saturated rings. The summed E-state index contributed by atoms with van der Waals surface area (Å²) in [4.78, 5) is 11.8. The molecule has 5 heteroatoms. The second-order valence-corrected chi connectivity index (χ2v) is 5.93. The molecule has 0 bridgehead atoms. The van der Waals surface area contributed by atoms with E-state index in [2.05, 4.69) is 36.6 Å². The second kappa shape index (κ2) is 9.70. The van der Waals surface area contributed by atoms with E-state index >= 15 is 0 Å². The van der Waals surface area contributed by atoms with Crippen LogP contribution in [0.4, 0.5) is 0 Å². The standard InChI is InChI=1S/C17H26N2O2.ClH/c1-13(2)14-5-7-16(8-6-14)21-11-9-17(20)19-15-4-3-10-18-12-15;/h5-8,13,15,18H,3-4,9-12H2,1-2H3,(H,19,20);1H. The highest BCUT2D eigenvalue weighted by Crippen LogP contribution is 2.18. The number of hydrogen-bond donors (Lipinski definition) is 2. The van der Waals surface area contributed by atoms with Crippen molar-refractivity contribution in [2.24, 2.45) is 0 Å². The van der Waals surface area contributed by atoms with E-state index in [1.165, 1.54) is 5.56 Å². The summed E-state index contributed by atoms with van der Waals surface area (Å²) in [5.74, 6) is 1.42. The molecular weight excluding hydrogens is 300 g/mol. The van der Waals surface area contributed by atoms with Gasteiger partial charge in [0.2, 0.25) is 5.91 Å². The number of rotatable bonds is 6. The molecule has 1 aromatic carbocycles. The van der Waals surface area contributed by atoms with Crippen molar-refractivity contribution in [2.75, 3.05) is 19.7 Å². The van der Waals surface area contributed by atoms with Crippen molar-refractivity contribution in [1.29, 1.82) is 0 Å². The van der Waals surface area contributed by atoms with Crippen LogP contribution in [0.3, 0.4) is 0 Å². The summed E-state index contributed by atoms with van der Waals surface area (Å²) in [6, 6.07) is 8.37. The van der Waals surface area contributed by atoms with Gasteiger partial charge in [-0.3, -0.25) is 4.79 Å². The lowest BCUT2D eigenvalue weighted by molar-refractivity contribution is -0.122. The van der Waals surface area contributed by atoms with Crippen molar-refractivity contribution in [3.8, 4) is 5.75 Å². The molecule has 1 unspecified atom stereocenters. The number of piperidine rings is 1. The summed E-state index contributed by atoms with van der Waals surface area (Å²) >= 11 is 0. The summed E-state index contributed by atoms with van der Waals surface area (Å²) in [6.45, 7) is 6.69. The Hall–Kier alpha value is -1.26. The fourth-order valence-electron chi connectivity index (χ4n) is 2.49. The normalized spacial score (nSPS) is 17.7. The predicted octanol–water partition coefficient (Wildman–Crippen LogP) is 2.87. The number of nitrogens with one attached hydrogen (secondary N) is 2. The van der Waals surface area contributed by atoms with Crippen LogP contribution >= 0.6 is 12.4 Å². The minimum absolute atomic E-state index is 0. The van der Waals surface area contributed by atoms with Gasteiger partial charge in [0.15, 0.2) is 0 Å². The van der Waals surface area contributed by atoms with Crippen LogP contribution in [-0.2, 0) is 4.79 Å². The monoisotopic (exact) mass is 326 g/mol. The Bertz CT molecular complexity index is 442. The topological polar surface area (TPSA) is 50.4 Å². The smallest absolute Gasteiger partial charge is 0.223 e. The third-order valence-electron chi connectivity index (χ3n) is 3.81. The lowest BCUT2D eigenvalue weighted by Crippen LogP contribution is -2.45. The van der Waals surface area contributed by atoms with Gasteiger partial charge in [-0.25, -0.2) is 0 Å². The van der Waals surface area contributed by atoms with Crippen LogP contribution < -0.4 is 15.4 Å². The Morgan fingerprint density at radius 3 is 2.68 bits per heavy atom. The van der Waals surface area contributed by atoms with Gasteiger partial charge in [-0.15, -0.1) is 12.4 Å². The summed E-state index contributed by atoms with van der Waals surface area (Å²) in [6.07, 6.45) is 2.60. The average Bonchev–Trinajstić information content (AvgIpc) is 2.49. The first-order valence-electron chi connectivity index (χ1n) is 7.88. The summed E-state index contributed by atoms with van der Waals surface area (Å²) < 4.78 is 5.62. The van der Waals surface area contributed by atoms with E-state index in [1.807, 2.05) is 12.1 Å². The van der Waals surface area contributed by atoms with Crippen molar-refractivity contribution in [3.05, 3.63) is 29.8 Å². The van der Waals surface area contributed by atoms with Gasteiger partial charge in [-0.05, 0) is 43.0 Å². The number of halogens is 1. The van der Waals surface area contributed by atoms with Gasteiger partial charge in [0.05, 0.1) is 13.0 Å². The molecule has 0 aliphatic carbocycles. The van der Waals surface area contributed by atoms with E-state index in [9.17, 15) is 4.79 Å². The fourth-order valence-corrected chi connectivity index (χ4v) is 2.49. The van der Waals surface area contributed by atoms with Crippen molar-refractivity contribution in [1.82, 2.24) is 10.6 Å². The van der Waals surface area contributed by atoms with Crippen molar-refractivity contribution < 1.29 is 9.53 Å². The van der Waals surface area contributed by atoms with Crippen molar-refractivity contribution in [3.63, 3.8) is 0 Å². The molecule has 1 aromatic rings. The first-order valence-corrected chi connectivity index (χ1v) is 7.88. The third-order valence-corrected chi connectivity index (χ3v) is 3.81. The first-order chi connectivity index (χ1) is 10.1. The van der Waals surface area contributed by atoms with Crippen LogP contribution in [0.15, 0.2) is 24.3 Å². The molecule has 0 spiro atoms. The molecule has 0 saturated carbocycles. The maximum atomic E-state index is 11.8. The van der Waals surface area contributed by atoms with E-state index in [4.69, 9.17) is 4.74 Å². The number of hydrogen-bond acceptors (Lipinski definition) is 3. The zero-order valence-corrected chi connectivity index (χ0v) is 14.2. The Morgan fingerprint density at radius 1 is 1.36 bits per heavy atom. The van der Waals surface area contributed by atoms with Crippen LogP contribution in [0, 0.1) is 0 Å². The highest BCUT2D eigenvalue weighted by atomic mass is 35.5. The van der Waals surface area contributed by atoms with Crippen molar-refractivity contribution >= 4 is 18.3 Å². The fraction of sp³-hybridized carbons (Fsp3) is 0.588. The van der Waals surface area contributed by atoms with Crippen molar-refractivity contribution in [2.45, 2.75) is 45.1 Å². The number of carbonyl (C=O) groups excluding carboxylic acids is 1. The Labute approximate surface area is 139 Å². The Kier molecular flexibility index (Phi) is 8.28. The maximum Gasteiger partial charge on any atom is 0.223 e. The lowest BCUT2D eigenvalue weighted by Gasteiger charge is -2.23. The lowest BCUT2D eigenvalue weighted by atomic mass is 10.0. The van der Waals surface area contributed by atoms with E-state index in [1.54, 1.807) is 0 Å². The van der Waals surface area contributed by atoms with Crippen LogP contribution in [-0.4, -0.2) is 31.6 Å². The van der Waals surface area contributed by atoms with Gasteiger partial charge in [0.1, 0.15) is 5.75 Å². The number of ether oxygens (including phenoxy) is 1.